The average molecular weight is 500 g/mol. The van der Waals surface area contributed by atoms with Crippen LogP contribution in [0.4, 0.5) is 0 Å². The minimum Gasteiger partial charge on any atom is -0.316 e. The molecule has 0 amide bonds. The van der Waals surface area contributed by atoms with Gasteiger partial charge in [-0.05, 0) is 125 Å². The van der Waals surface area contributed by atoms with Gasteiger partial charge in [-0.1, -0.05) is 73.4 Å². The smallest absolute Gasteiger partial charge is 0.00868 e. The summed E-state index contributed by atoms with van der Waals surface area (Å²) in [5, 5.41) is 3.61. The van der Waals surface area contributed by atoms with E-state index in [2.05, 4.69) is 61.4 Å². The number of hydrogen-bond donors (Lipinski definition) is 1. The van der Waals surface area contributed by atoms with Gasteiger partial charge < -0.3 is 5.32 Å². The van der Waals surface area contributed by atoms with E-state index in [1.54, 1.807) is 11.1 Å². The zero-order chi connectivity index (χ0) is 25.2. The summed E-state index contributed by atoms with van der Waals surface area (Å²) in [5.41, 5.74) is 3.48. The fourth-order valence-corrected chi connectivity index (χ4v) is 10.3. The summed E-state index contributed by atoms with van der Waals surface area (Å²) < 4.78 is 0. The summed E-state index contributed by atoms with van der Waals surface area (Å²) in [5.74, 6) is 8.83. The molecule has 1 saturated heterocycles. The molecule has 0 radical (unpaired) electrons. The van der Waals surface area contributed by atoms with E-state index in [-0.39, 0.29) is 0 Å². The molecule has 8 atom stereocenters. The molecule has 8 unspecified atom stereocenters. The molecule has 0 bridgehead atoms. The highest BCUT2D eigenvalue weighted by atomic mass is 14.9. The van der Waals surface area contributed by atoms with Crippen LogP contribution in [-0.4, -0.2) is 13.1 Å². The van der Waals surface area contributed by atoms with Gasteiger partial charge in [-0.3, -0.25) is 0 Å². The van der Waals surface area contributed by atoms with Gasteiger partial charge >= 0.3 is 0 Å². The van der Waals surface area contributed by atoms with Crippen LogP contribution in [0.15, 0.2) is 60.3 Å². The van der Waals surface area contributed by atoms with E-state index >= 15 is 0 Å². The third-order valence-electron chi connectivity index (χ3n) is 12.1. The quantitative estimate of drug-likeness (QED) is 0.272. The molecular formula is C36H53N. The monoisotopic (exact) mass is 499 g/mol. The largest absolute Gasteiger partial charge is 0.316 e. The first-order valence-electron chi connectivity index (χ1n) is 16.3. The van der Waals surface area contributed by atoms with Crippen molar-refractivity contribution in [3.05, 3.63) is 60.3 Å². The van der Waals surface area contributed by atoms with Crippen molar-refractivity contribution in [3.8, 4) is 0 Å². The van der Waals surface area contributed by atoms with Crippen LogP contribution in [0.2, 0.25) is 0 Å². The van der Waals surface area contributed by atoms with Crippen molar-refractivity contribution in [2.24, 2.45) is 59.2 Å². The van der Waals surface area contributed by atoms with Crippen molar-refractivity contribution in [3.63, 3.8) is 0 Å². The molecule has 1 N–H and O–H groups in total. The summed E-state index contributed by atoms with van der Waals surface area (Å²) in [6.45, 7) is 8.97. The van der Waals surface area contributed by atoms with Crippen LogP contribution in [-0.2, 0) is 0 Å². The SMILES string of the molecule is C=CCCCC1CCC(C2CCC(C3=CC=C(C4CCNC4)C4C=CC=CC34)CC2)C2C(C)CCCC12. The van der Waals surface area contributed by atoms with E-state index in [4.69, 9.17) is 0 Å². The van der Waals surface area contributed by atoms with E-state index in [0.717, 1.165) is 47.3 Å². The van der Waals surface area contributed by atoms with Gasteiger partial charge in [0.25, 0.3) is 0 Å². The van der Waals surface area contributed by atoms with Gasteiger partial charge in [0.1, 0.15) is 0 Å². The van der Waals surface area contributed by atoms with Crippen LogP contribution in [0.3, 0.4) is 0 Å². The van der Waals surface area contributed by atoms with Crippen molar-refractivity contribution in [1.29, 1.82) is 0 Å². The molecule has 1 heteroatoms. The van der Waals surface area contributed by atoms with E-state index in [0.29, 0.717) is 11.8 Å². The summed E-state index contributed by atoms with van der Waals surface area (Å²) in [7, 11) is 0. The number of unbranched alkanes of at least 4 members (excludes halogenated alkanes) is 1. The molecule has 6 aliphatic rings. The molecule has 3 saturated carbocycles. The Bertz CT molecular complexity index is 905. The maximum Gasteiger partial charge on any atom is 0.00868 e. The number of allylic oxidation sites excluding steroid dienone is 8. The zero-order valence-corrected chi connectivity index (χ0v) is 23.6. The number of hydrogen-bond acceptors (Lipinski definition) is 1. The van der Waals surface area contributed by atoms with Gasteiger partial charge in [-0.25, -0.2) is 0 Å². The van der Waals surface area contributed by atoms with Crippen molar-refractivity contribution in [2.75, 3.05) is 13.1 Å². The van der Waals surface area contributed by atoms with Gasteiger partial charge in [-0.2, -0.15) is 0 Å². The second-order valence-corrected chi connectivity index (χ2v) is 13.8. The van der Waals surface area contributed by atoms with Crippen molar-refractivity contribution in [1.82, 2.24) is 5.32 Å². The molecule has 202 valence electrons. The molecule has 1 aliphatic heterocycles. The molecule has 37 heavy (non-hydrogen) atoms. The van der Waals surface area contributed by atoms with Gasteiger partial charge in [0, 0.05) is 18.4 Å². The fourth-order valence-electron chi connectivity index (χ4n) is 10.3. The Morgan fingerprint density at radius 3 is 2.30 bits per heavy atom. The highest BCUT2D eigenvalue weighted by Gasteiger charge is 2.46. The molecule has 5 aliphatic carbocycles. The Hall–Kier alpha value is -1.34. The Labute approximate surface area is 228 Å². The van der Waals surface area contributed by atoms with Crippen LogP contribution < -0.4 is 5.32 Å². The topological polar surface area (TPSA) is 12.0 Å². The minimum absolute atomic E-state index is 0.618. The van der Waals surface area contributed by atoms with Gasteiger partial charge in [0.05, 0.1) is 0 Å². The maximum atomic E-state index is 3.98. The summed E-state index contributed by atoms with van der Waals surface area (Å²) in [6.07, 6.45) is 35.8. The lowest BCUT2D eigenvalue weighted by atomic mass is 9.53. The van der Waals surface area contributed by atoms with Crippen LogP contribution in [0.25, 0.3) is 0 Å². The van der Waals surface area contributed by atoms with Crippen molar-refractivity contribution >= 4 is 0 Å². The Morgan fingerprint density at radius 2 is 1.59 bits per heavy atom. The molecule has 0 aromatic rings. The maximum absolute atomic E-state index is 3.98. The van der Waals surface area contributed by atoms with E-state index in [1.165, 1.54) is 96.6 Å². The third-order valence-corrected chi connectivity index (χ3v) is 12.1. The first-order chi connectivity index (χ1) is 18.2. The third kappa shape index (κ3) is 5.28. The molecule has 6 rings (SSSR count). The van der Waals surface area contributed by atoms with Gasteiger partial charge in [0.2, 0.25) is 0 Å². The van der Waals surface area contributed by atoms with E-state index < -0.39 is 0 Å². The first-order valence-corrected chi connectivity index (χ1v) is 16.3. The molecule has 4 fully saturated rings. The molecule has 0 spiro atoms. The van der Waals surface area contributed by atoms with Crippen LogP contribution >= 0.6 is 0 Å². The van der Waals surface area contributed by atoms with Crippen molar-refractivity contribution in [2.45, 2.75) is 90.4 Å². The number of fused-ring (bicyclic) bond motifs is 2. The van der Waals surface area contributed by atoms with Crippen molar-refractivity contribution < 1.29 is 0 Å². The predicted octanol–water partition coefficient (Wildman–Crippen LogP) is 9.06. The van der Waals surface area contributed by atoms with Crippen LogP contribution in [0.5, 0.6) is 0 Å². The van der Waals surface area contributed by atoms with Crippen LogP contribution in [0, 0.1) is 59.2 Å². The fraction of sp³-hybridized carbons (Fsp3) is 0.722. The Morgan fingerprint density at radius 1 is 0.838 bits per heavy atom. The Balaban J connectivity index is 1.12. The second kappa shape index (κ2) is 11.8. The average Bonchev–Trinajstić information content (AvgIpc) is 3.48. The lowest BCUT2D eigenvalue weighted by Gasteiger charge is -2.52. The lowest BCUT2D eigenvalue weighted by Crippen LogP contribution is -2.44. The number of nitrogens with one attached hydrogen (secondary N) is 1. The summed E-state index contributed by atoms with van der Waals surface area (Å²) in [4.78, 5) is 0. The number of rotatable bonds is 7. The molecular weight excluding hydrogens is 446 g/mol. The minimum atomic E-state index is 0.618. The first kappa shape index (κ1) is 25.9. The molecule has 0 aromatic carbocycles. The summed E-state index contributed by atoms with van der Waals surface area (Å²) >= 11 is 0. The van der Waals surface area contributed by atoms with Gasteiger partial charge in [0.15, 0.2) is 0 Å². The Kier molecular flexibility index (Phi) is 8.27. The van der Waals surface area contributed by atoms with Crippen LogP contribution in [0.1, 0.15) is 90.4 Å². The predicted molar refractivity (Wildman–Crippen MR) is 158 cm³/mol. The standard InChI is InChI=1S/C36H53N/c1-3-4-5-10-26-18-19-33(36-25(2)9-8-13-32(26)36)28-16-14-27(15-17-28)30-20-21-31(29-22-23-37-24-29)35-12-7-6-11-34(30)35/h3,6-7,11-12,20-21,25-29,32-37H,1,4-5,8-10,13-19,22-24H2,2H3. The second-order valence-electron chi connectivity index (χ2n) is 13.8. The van der Waals surface area contributed by atoms with E-state index in [1.807, 2.05) is 0 Å². The normalized spacial score (nSPS) is 43.5. The molecule has 0 aromatic heterocycles. The highest BCUT2D eigenvalue weighted by Crippen LogP contribution is 2.56. The molecule has 1 nitrogen and oxygen atoms in total. The highest BCUT2D eigenvalue weighted by molar-refractivity contribution is 5.40. The van der Waals surface area contributed by atoms with Gasteiger partial charge in [-0.15, -0.1) is 6.58 Å². The summed E-state index contributed by atoms with van der Waals surface area (Å²) in [6, 6.07) is 0. The lowest BCUT2D eigenvalue weighted by molar-refractivity contribution is -0.0256. The zero-order valence-electron chi connectivity index (χ0n) is 23.6. The molecule has 1 heterocycles. The van der Waals surface area contributed by atoms with E-state index in [9.17, 15) is 0 Å².